The number of carbonyl (C=O) groups is 2. The summed E-state index contributed by atoms with van der Waals surface area (Å²) in [5.74, 6) is 0.887. The fourth-order valence-corrected chi connectivity index (χ4v) is 4.39. The van der Waals surface area contributed by atoms with Crippen LogP contribution in [0.5, 0.6) is 5.75 Å². The summed E-state index contributed by atoms with van der Waals surface area (Å²) < 4.78 is 11.2. The van der Waals surface area contributed by atoms with Gasteiger partial charge in [0.2, 0.25) is 0 Å². The number of amides is 2. The smallest absolute Gasteiger partial charge is 0.272 e. The van der Waals surface area contributed by atoms with Crippen LogP contribution in [0.25, 0.3) is 5.57 Å². The minimum absolute atomic E-state index is 0.350. The van der Waals surface area contributed by atoms with Gasteiger partial charge in [-0.15, -0.1) is 11.8 Å². The number of thioether (sulfide) groups is 1. The Bertz CT molecular complexity index is 1120. The summed E-state index contributed by atoms with van der Waals surface area (Å²) in [6.07, 6.45) is 2.40. The summed E-state index contributed by atoms with van der Waals surface area (Å²) in [7, 11) is 0. The second-order valence-corrected chi connectivity index (χ2v) is 8.26. The van der Waals surface area contributed by atoms with E-state index in [0.717, 1.165) is 12.2 Å². The normalized spacial score (nSPS) is 13.9. The SMILES string of the molecule is CCCOc1ccccc1N1C(=O)C(SCc2ccco2)=C(c2ccc(Cl)cc2)C1=O. The first-order chi connectivity index (χ1) is 15.1. The molecule has 0 saturated carbocycles. The summed E-state index contributed by atoms with van der Waals surface area (Å²) in [5.41, 5.74) is 1.42. The molecule has 158 valence electrons. The molecule has 0 spiro atoms. The predicted molar refractivity (Wildman–Crippen MR) is 123 cm³/mol. The van der Waals surface area contributed by atoms with Crippen molar-refractivity contribution in [3.63, 3.8) is 0 Å². The monoisotopic (exact) mass is 453 g/mol. The van der Waals surface area contributed by atoms with E-state index in [1.807, 2.05) is 19.1 Å². The number of hydrogen-bond donors (Lipinski definition) is 0. The van der Waals surface area contributed by atoms with Gasteiger partial charge in [0.25, 0.3) is 11.8 Å². The van der Waals surface area contributed by atoms with Gasteiger partial charge in [-0.25, -0.2) is 4.90 Å². The molecular formula is C24H20ClNO4S. The van der Waals surface area contributed by atoms with Crippen molar-refractivity contribution in [2.24, 2.45) is 0 Å². The summed E-state index contributed by atoms with van der Waals surface area (Å²) in [5, 5.41) is 0.557. The minimum Gasteiger partial charge on any atom is -0.491 e. The molecule has 2 aromatic carbocycles. The van der Waals surface area contributed by atoms with Gasteiger partial charge in [-0.3, -0.25) is 9.59 Å². The second-order valence-electron chi connectivity index (χ2n) is 6.84. The lowest BCUT2D eigenvalue weighted by Crippen LogP contribution is -2.31. The van der Waals surface area contributed by atoms with Crippen LogP contribution in [0.3, 0.4) is 0 Å². The fraction of sp³-hybridized carbons (Fsp3) is 0.167. The Labute approximate surface area is 189 Å². The van der Waals surface area contributed by atoms with Crippen LogP contribution in [0.1, 0.15) is 24.7 Å². The van der Waals surface area contributed by atoms with E-state index in [1.165, 1.54) is 16.7 Å². The highest BCUT2D eigenvalue weighted by atomic mass is 35.5. The van der Waals surface area contributed by atoms with E-state index in [9.17, 15) is 9.59 Å². The van der Waals surface area contributed by atoms with Gasteiger partial charge in [0.15, 0.2) is 0 Å². The van der Waals surface area contributed by atoms with Gasteiger partial charge in [0, 0.05) is 5.02 Å². The highest BCUT2D eigenvalue weighted by Gasteiger charge is 2.41. The van der Waals surface area contributed by atoms with Crippen LogP contribution in [-0.2, 0) is 15.3 Å². The lowest BCUT2D eigenvalue weighted by Gasteiger charge is -2.19. The van der Waals surface area contributed by atoms with Crippen LogP contribution in [0.2, 0.25) is 5.02 Å². The first-order valence-corrected chi connectivity index (χ1v) is 11.2. The molecule has 5 nitrogen and oxygen atoms in total. The van der Waals surface area contributed by atoms with Crippen molar-refractivity contribution in [2.75, 3.05) is 11.5 Å². The minimum atomic E-state index is -0.387. The lowest BCUT2D eigenvalue weighted by molar-refractivity contribution is -0.119. The van der Waals surface area contributed by atoms with Gasteiger partial charge in [0.05, 0.1) is 34.8 Å². The molecule has 0 aliphatic carbocycles. The number of halogens is 1. The number of para-hydroxylation sites is 2. The van der Waals surface area contributed by atoms with Gasteiger partial charge in [0.1, 0.15) is 11.5 Å². The average molecular weight is 454 g/mol. The highest BCUT2D eigenvalue weighted by Crippen LogP contribution is 2.42. The lowest BCUT2D eigenvalue weighted by atomic mass is 10.1. The maximum Gasteiger partial charge on any atom is 0.272 e. The van der Waals surface area contributed by atoms with Gasteiger partial charge >= 0.3 is 0 Å². The van der Waals surface area contributed by atoms with Crippen LogP contribution < -0.4 is 9.64 Å². The van der Waals surface area contributed by atoms with E-state index in [2.05, 4.69) is 0 Å². The van der Waals surface area contributed by atoms with E-state index < -0.39 is 0 Å². The topological polar surface area (TPSA) is 59.8 Å². The molecule has 0 radical (unpaired) electrons. The Morgan fingerprint density at radius 2 is 1.77 bits per heavy atom. The molecule has 2 heterocycles. The molecule has 1 aliphatic heterocycles. The van der Waals surface area contributed by atoms with E-state index in [-0.39, 0.29) is 11.8 Å². The number of furan rings is 1. The van der Waals surface area contributed by atoms with Crippen molar-refractivity contribution >= 4 is 46.4 Å². The van der Waals surface area contributed by atoms with Gasteiger partial charge in [-0.2, -0.15) is 0 Å². The number of ether oxygens (including phenoxy) is 1. The molecule has 1 aliphatic rings. The molecule has 3 aromatic rings. The van der Waals surface area contributed by atoms with Crippen LogP contribution in [0.4, 0.5) is 5.69 Å². The second kappa shape index (κ2) is 9.45. The Hall–Kier alpha value is -2.96. The number of carbonyl (C=O) groups excluding carboxylic acids is 2. The standard InChI is InChI=1S/C24H20ClNO4S/c1-2-13-30-20-8-4-3-7-19(20)26-23(27)21(16-9-11-17(25)12-10-16)22(24(26)28)31-15-18-6-5-14-29-18/h3-12,14H,2,13,15H2,1H3. The Morgan fingerprint density at radius 3 is 2.48 bits per heavy atom. The maximum absolute atomic E-state index is 13.5. The zero-order valence-electron chi connectivity index (χ0n) is 16.8. The summed E-state index contributed by atoms with van der Waals surface area (Å²) in [4.78, 5) is 28.6. The molecule has 0 fully saturated rings. The van der Waals surface area contributed by atoms with Crippen molar-refractivity contribution in [3.8, 4) is 5.75 Å². The van der Waals surface area contributed by atoms with Gasteiger partial charge in [-0.1, -0.05) is 42.8 Å². The molecule has 1 aromatic heterocycles. The average Bonchev–Trinajstić information content (AvgIpc) is 3.38. The zero-order valence-corrected chi connectivity index (χ0v) is 18.4. The number of hydrogen-bond acceptors (Lipinski definition) is 5. The third-order valence-corrected chi connectivity index (χ3v) is 6.03. The molecule has 0 atom stereocenters. The van der Waals surface area contributed by atoms with Gasteiger partial charge in [-0.05, 0) is 48.4 Å². The summed E-state index contributed by atoms with van der Waals surface area (Å²) >= 11 is 7.31. The Balaban J connectivity index is 1.74. The van der Waals surface area contributed by atoms with Gasteiger partial charge < -0.3 is 9.15 Å². The predicted octanol–water partition coefficient (Wildman–Crippen LogP) is 5.94. The zero-order chi connectivity index (χ0) is 21.8. The van der Waals surface area contributed by atoms with Crippen LogP contribution in [0.15, 0.2) is 76.2 Å². The van der Waals surface area contributed by atoms with Crippen molar-refractivity contribution in [2.45, 2.75) is 19.1 Å². The third-order valence-electron chi connectivity index (χ3n) is 4.68. The molecule has 7 heteroatoms. The number of imide groups is 1. The molecule has 2 amide bonds. The van der Waals surface area contributed by atoms with Crippen LogP contribution >= 0.6 is 23.4 Å². The van der Waals surface area contributed by atoms with Crippen LogP contribution in [-0.4, -0.2) is 18.4 Å². The molecule has 0 unspecified atom stereocenters. The first kappa shape index (κ1) is 21.3. The molecule has 0 saturated heterocycles. The largest absolute Gasteiger partial charge is 0.491 e. The molecule has 4 rings (SSSR count). The molecule has 0 bridgehead atoms. The van der Waals surface area contributed by atoms with E-state index in [4.69, 9.17) is 20.8 Å². The quantitative estimate of drug-likeness (QED) is 0.395. The van der Waals surface area contributed by atoms with Crippen molar-refractivity contribution < 1.29 is 18.7 Å². The van der Waals surface area contributed by atoms with Crippen molar-refractivity contribution in [3.05, 3.63) is 88.2 Å². The summed E-state index contributed by atoms with van der Waals surface area (Å²) in [6.45, 7) is 2.49. The molecular weight excluding hydrogens is 434 g/mol. The first-order valence-electron chi connectivity index (χ1n) is 9.86. The number of nitrogens with zero attached hydrogens (tertiary/aromatic N) is 1. The summed E-state index contributed by atoms with van der Waals surface area (Å²) in [6, 6.07) is 17.6. The molecule has 0 N–H and O–H groups in total. The number of rotatable bonds is 8. The van der Waals surface area contributed by atoms with E-state index in [1.54, 1.807) is 54.8 Å². The molecule has 31 heavy (non-hydrogen) atoms. The van der Waals surface area contributed by atoms with Crippen molar-refractivity contribution in [1.82, 2.24) is 0 Å². The number of benzene rings is 2. The van der Waals surface area contributed by atoms with Crippen molar-refractivity contribution in [1.29, 1.82) is 0 Å². The Morgan fingerprint density at radius 1 is 1.00 bits per heavy atom. The third kappa shape index (κ3) is 4.40. The van der Waals surface area contributed by atoms with Crippen LogP contribution in [0, 0.1) is 0 Å². The maximum atomic E-state index is 13.5. The number of anilines is 1. The Kier molecular flexibility index (Phi) is 6.49. The fourth-order valence-electron chi connectivity index (χ4n) is 3.25. The highest BCUT2D eigenvalue weighted by molar-refractivity contribution is 8.03. The van der Waals surface area contributed by atoms with E-state index in [0.29, 0.717) is 44.9 Å². The van der Waals surface area contributed by atoms with E-state index >= 15 is 0 Å².